The van der Waals surface area contributed by atoms with Gasteiger partial charge in [-0.05, 0) is 48.5 Å². The molecule has 0 atom stereocenters. The Bertz CT molecular complexity index is 767. The minimum atomic E-state index is -0.322. The minimum absolute atomic E-state index is 0.234. The zero-order chi connectivity index (χ0) is 15.5. The van der Waals surface area contributed by atoms with Gasteiger partial charge in [0, 0.05) is 5.56 Å². The summed E-state index contributed by atoms with van der Waals surface area (Å²) in [6, 6.07) is 13.3. The smallest absolute Gasteiger partial charge is 0.123 e. The third-order valence-corrected chi connectivity index (χ3v) is 3.32. The van der Waals surface area contributed by atoms with Crippen LogP contribution in [0.2, 0.25) is 0 Å². The highest BCUT2D eigenvalue weighted by atomic mass is 19.1. The maximum atomic E-state index is 13.1. The van der Waals surface area contributed by atoms with Crippen LogP contribution in [0.25, 0.3) is 16.9 Å². The van der Waals surface area contributed by atoms with Crippen LogP contribution in [0.4, 0.5) is 4.39 Å². The summed E-state index contributed by atoms with van der Waals surface area (Å²) in [6.45, 7) is -0.234. The molecule has 0 unspecified atom stereocenters. The van der Waals surface area contributed by atoms with Gasteiger partial charge in [-0.2, -0.15) is 0 Å². The molecule has 0 bridgehead atoms. The number of aromatic nitrogens is 3. The monoisotopic (exact) mass is 299 g/mol. The highest BCUT2D eigenvalue weighted by Gasteiger charge is 2.15. The van der Waals surface area contributed by atoms with Crippen LogP contribution < -0.4 is 4.74 Å². The SMILES string of the molecule is COc1ccc(-c2c(CO)nnn2-c2ccc(F)cc2)cc1. The summed E-state index contributed by atoms with van der Waals surface area (Å²) in [5, 5.41) is 17.5. The van der Waals surface area contributed by atoms with Crippen LogP contribution in [0.5, 0.6) is 5.75 Å². The Hall–Kier alpha value is -2.73. The van der Waals surface area contributed by atoms with Crippen LogP contribution in [-0.4, -0.2) is 27.2 Å². The Morgan fingerprint density at radius 2 is 1.77 bits per heavy atom. The van der Waals surface area contributed by atoms with Gasteiger partial charge in [-0.1, -0.05) is 5.21 Å². The number of methoxy groups -OCH3 is 1. The standard InChI is InChI=1S/C16H14FN3O2/c1-22-14-8-2-11(3-9-14)16-15(10-21)18-19-20(16)13-6-4-12(17)5-7-13/h2-9,21H,10H2,1H3. The second-order valence-corrected chi connectivity index (χ2v) is 4.66. The molecule has 6 heteroatoms. The van der Waals surface area contributed by atoms with Gasteiger partial charge in [-0.3, -0.25) is 0 Å². The molecule has 1 aromatic heterocycles. The van der Waals surface area contributed by atoms with Crippen molar-refractivity contribution in [1.29, 1.82) is 0 Å². The van der Waals surface area contributed by atoms with Crippen LogP contribution in [0, 0.1) is 5.82 Å². The summed E-state index contributed by atoms with van der Waals surface area (Å²) in [5.41, 5.74) is 2.62. The molecule has 0 fully saturated rings. The van der Waals surface area contributed by atoms with E-state index in [4.69, 9.17) is 4.74 Å². The van der Waals surface area contributed by atoms with Crippen LogP contribution in [-0.2, 0) is 6.61 Å². The molecule has 0 aliphatic rings. The number of ether oxygens (including phenoxy) is 1. The lowest BCUT2D eigenvalue weighted by Crippen LogP contribution is -2.00. The molecule has 0 aliphatic carbocycles. The fraction of sp³-hybridized carbons (Fsp3) is 0.125. The van der Waals surface area contributed by atoms with Crippen molar-refractivity contribution in [3.8, 4) is 22.7 Å². The van der Waals surface area contributed by atoms with Crippen LogP contribution in [0.1, 0.15) is 5.69 Å². The van der Waals surface area contributed by atoms with Gasteiger partial charge < -0.3 is 9.84 Å². The molecule has 22 heavy (non-hydrogen) atoms. The molecular formula is C16H14FN3O2. The van der Waals surface area contributed by atoms with Crippen LogP contribution in [0.3, 0.4) is 0 Å². The second kappa shape index (κ2) is 5.95. The molecule has 2 aromatic carbocycles. The van der Waals surface area contributed by atoms with Gasteiger partial charge in [0.2, 0.25) is 0 Å². The van der Waals surface area contributed by atoms with Crippen molar-refractivity contribution in [3.63, 3.8) is 0 Å². The molecule has 112 valence electrons. The number of halogens is 1. The van der Waals surface area contributed by atoms with Crippen molar-refractivity contribution in [2.24, 2.45) is 0 Å². The molecule has 3 aromatic rings. The van der Waals surface area contributed by atoms with Gasteiger partial charge in [0.1, 0.15) is 23.0 Å². The van der Waals surface area contributed by atoms with E-state index in [-0.39, 0.29) is 12.4 Å². The van der Waals surface area contributed by atoms with E-state index in [1.54, 1.807) is 23.9 Å². The number of rotatable bonds is 4. The average Bonchev–Trinajstić information content (AvgIpc) is 2.99. The Labute approximate surface area is 126 Å². The fourth-order valence-electron chi connectivity index (χ4n) is 2.22. The molecule has 0 aliphatic heterocycles. The molecule has 0 saturated carbocycles. The van der Waals surface area contributed by atoms with Crippen molar-refractivity contribution in [3.05, 3.63) is 60.0 Å². The molecule has 0 saturated heterocycles. The van der Waals surface area contributed by atoms with E-state index in [0.717, 1.165) is 11.3 Å². The van der Waals surface area contributed by atoms with Gasteiger partial charge in [0.15, 0.2) is 0 Å². The van der Waals surface area contributed by atoms with E-state index < -0.39 is 0 Å². The van der Waals surface area contributed by atoms with E-state index in [1.165, 1.54) is 12.1 Å². The number of nitrogens with zero attached hydrogens (tertiary/aromatic N) is 3. The first-order valence-corrected chi connectivity index (χ1v) is 6.68. The number of benzene rings is 2. The first-order chi connectivity index (χ1) is 10.7. The Morgan fingerprint density at radius 3 is 2.36 bits per heavy atom. The molecule has 1 N–H and O–H groups in total. The lowest BCUT2D eigenvalue weighted by Gasteiger charge is -2.08. The number of hydrogen-bond acceptors (Lipinski definition) is 4. The van der Waals surface area contributed by atoms with E-state index >= 15 is 0 Å². The quantitative estimate of drug-likeness (QED) is 0.804. The molecule has 0 radical (unpaired) electrons. The van der Waals surface area contributed by atoms with Crippen molar-refractivity contribution >= 4 is 0 Å². The van der Waals surface area contributed by atoms with Crippen LogP contribution in [0.15, 0.2) is 48.5 Å². The first-order valence-electron chi connectivity index (χ1n) is 6.68. The summed E-state index contributed by atoms with van der Waals surface area (Å²) in [4.78, 5) is 0. The number of aliphatic hydroxyl groups excluding tert-OH is 1. The summed E-state index contributed by atoms with van der Waals surface area (Å²) < 4.78 is 19.8. The van der Waals surface area contributed by atoms with E-state index in [2.05, 4.69) is 10.3 Å². The van der Waals surface area contributed by atoms with Gasteiger partial charge in [-0.25, -0.2) is 9.07 Å². The van der Waals surface area contributed by atoms with Gasteiger partial charge in [0.05, 0.1) is 19.4 Å². The Kier molecular flexibility index (Phi) is 3.84. The Morgan fingerprint density at radius 1 is 1.09 bits per heavy atom. The Balaban J connectivity index is 2.12. The summed E-state index contributed by atoms with van der Waals surface area (Å²) >= 11 is 0. The molecule has 5 nitrogen and oxygen atoms in total. The summed E-state index contributed by atoms with van der Waals surface area (Å²) in [6.07, 6.45) is 0. The highest BCUT2D eigenvalue weighted by molar-refractivity contribution is 5.65. The van der Waals surface area contributed by atoms with Crippen molar-refractivity contribution in [1.82, 2.24) is 15.0 Å². The van der Waals surface area contributed by atoms with Gasteiger partial charge in [0.25, 0.3) is 0 Å². The fourth-order valence-corrected chi connectivity index (χ4v) is 2.22. The third kappa shape index (κ3) is 2.56. The molecular weight excluding hydrogens is 285 g/mol. The molecule has 1 heterocycles. The van der Waals surface area contributed by atoms with Gasteiger partial charge in [-0.15, -0.1) is 5.10 Å². The molecule has 0 amide bonds. The van der Waals surface area contributed by atoms with Gasteiger partial charge >= 0.3 is 0 Å². The average molecular weight is 299 g/mol. The van der Waals surface area contributed by atoms with E-state index in [0.29, 0.717) is 17.1 Å². The molecule has 3 rings (SSSR count). The summed E-state index contributed by atoms with van der Waals surface area (Å²) in [5.74, 6) is 0.410. The second-order valence-electron chi connectivity index (χ2n) is 4.66. The first kappa shape index (κ1) is 14.2. The highest BCUT2D eigenvalue weighted by Crippen LogP contribution is 2.27. The largest absolute Gasteiger partial charge is 0.497 e. The van der Waals surface area contributed by atoms with E-state index in [9.17, 15) is 9.50 Å². The predicted molar refractivity (Wildman–Crippen MR) is 79.2 cm³/mol. The topological polar surface area (TPSA) is 60.2 Å². The zero-order valence-corrected chi connectivity index (χ0v) is 11.9. The number of hydrogen-bond donors (Lipinski definition) is 1. The maximum absolute atomic E-state index is 13.1. The molecule has 0 spiro atoms. The van der Waals surface area contributed by atoms with Crippen molar-refractivity contribution < 1.29 is 14.2 Å². The van der Waals surface area contributed by atoms with E-state index in [1.807, 2.05) is 24.3 Å². The zero-order valence-electron chi connectivity index (χ0n) is 11.9. The van der Waals surface area contributed by atoms with Crippen LogP contribution >= 0.6 is 0 Å². The van der Waals surface area contributed by atoms with Crippen molar-refractivity contribution in [2.75, 3.05) is 7.11 Å². The lowest BCUT2D eigenvalue weighted by atomic mass is 10.1. The third-order valence-electron chi connectivity index (χ3n) is 3.32. The lowest BCUT2D eigenvalue weighted by molar-refractivity contribution is 0.277. The normalized spacial score (nSPS) is 10.7. The number of aliphatic hydroxyl groups is 1. The van der Waals surface area contributed by atoms with Crippen molar-refractivity contribution in [2.45, 2.75) is 6.61 Å². The predicted octanol–water partition coefficient (Wildman–Crippen LogP) is 2.57. The maximum Gasteiger partial charge on any atom is 0.123 e. The minimum Gasteiger partial charge on any atom is -0.497 e. The summed E-state index contributed by atoms with van der Waals surface area (Å²) in [7, 11) is 1.60.